The number of hydrogen-bond acceptors (Lipinski definition) is 2. The molecule has 0 aliphatic heterocycles. The Morgan fingerprint density at radius 2 is 1.95 bits per heavy atom. The maximum atomic E-state index is 11.7. The number of hydrogen-bond donors (Lipinski definition) is 2. The van der Waals surface area contributed by atoms with Crippen LogP contribution >= 0.6 is 0 Å². The van der Waals surface area contributed by atoms with Gasteiger partial charge in [-0.05, 0) is 30.4 Å². The smallest absolute Gasteiger partial charge is 0.318 e. The third-order valence-electron chi connectivity index (χ3n) is 3.48. The van der Waals surface area contributed by atoms with E-state index in [1.807, 2.05) is 31.2 Å². The average molecular weight is 290 g/mol. The van der Waals surface area contributed by atoms with Crippen molar-refractivity contribution in [2.24, 2.45) is 5.41 Å². The maximum Gasteiger partial charge on any atom is 0.318 e. The van der Waals surface area contributed by atoms with Crippen LogP contribution < -0.4 is 15.4 Å². The van der Waals surface area contributed by atoms with Gasteiger partial charge in [0.1, 0.15) is 5.75 Å². The molecule has 0 unspecified atom stereocenters. The summed E-state index contributed by atoms with van der Waals surface area (Å²) in [6.45, 7) is 8.91. The standard InChI is InChI=1S/C17H26N2O2/c1-13(17(2,3)4)12-19-16(20)18-11-10-14-8-6-7-9-15(14)21-5/h6-9,12H,10-11H2,1-5H3,(H2,18,19,20)/b13-12+. The molecule has 0 saturated heterocycles. The first-order chi connectivity index (χ1) is 9.84. The summed E-state index contributed by atoms with van der Waals surface area (Å²) in [4.78, 5) is 11.7. The van der Waals surface area contributed by atoms with Crippen molar-refractivity contribution < 1.29 is 9.53 Å². The van der Waals surface area contributed by atoms with E-state index in [0.29, 0.717) is 6.54 Å². The summed E-state index contributed by atoms with van der Waals surface area (Å²) in [6, 6.07) is 7.64. The third-order valence-corrected chi connectivity index (χ3v) is 3.48. The summed E-state index contributed by atoms with van der Waals surface area (Å²) >= 11 is 0. The van der Waals surface area contributed by atoms with E-state index in [1.54, 1.807) is 13.3 Å². The highest BCUT2D eigenvalue weighted by Crippen LogP contribution is 2.23. The van der Waals surface area contributed by atoms with Gasteiger partial charge in [-0.2, -0.15) is 0 Å². The fraction of sp³-hybridized carbons (Fsp3) is 0.471. The molecule has 0 fully saturated rings. The van der Waals surface area contributed by atoms with E-state index in [0.717, 1.165) is 23.3 Å². The molecule has 1 aromatic carbocycles. The molecule has 116 valence electrons. The molecule has 0 atom stereocenters. The van der Waals surface area contributed by atoms with Gasteiger partial charge in [0.25, 0.3) is 0 Å². The van der Waals surface area contributed by atoms with Crippen LogP contribution in [0.1, 0.15) is 33.3 Å². The summed E-state index contributed by atoms with van der Waals surface area (Å²) in [7, 11) is 1.65. The predicted molar refractivity (Wildman–Crippen MR) is 86.4 cm³/mol. The fourth-order valence-corrected chi connectivity index (χ4v) is 1.66. The van der Waals surface area contributed by atoms with E-state index in [1.165, 1.54) is 0 Å². The second kappa shape index (κ2) is 7.72. The molecule has 1 aromatic rings. The lowest BCUT2D eigenvalue weighted by atomic mass is 9.88. The Hall–Kier alpha value is -1.97. The summed E-state index contributed by atoms with van der Waals surface area (Å²) in [5, 5.41) is 5.60. The quantitative estimate of drug-likeness (QED) is 0.872. The normalized spacial score (nSPS) is 12.0. The van der Waals surface area contributed by atoms with Crippen LogP contribution in [0.2, 0.25) is 0 Å². The lowest BCUT2D eigenvalue weighted by Crippen LogP contribution is -2.34. The highest BCUT2D eigenvalue weighted by atomic mass is 16.5. The number of urea groups is 1. The summed E-state index contributed by atoms with van der Waals surface area (Å²) < 4.78 is 5.28. The molecule has 0 aromatic heterocycles. The average Bonchev–Trinajstić information content (AvgIpc) is 2.44. The van der Waals surface area contributed by atoms with Crippen LogP contribution in [0.5, 0.6) is 5.75 Å². The highest BCUT2D eigenvalue weighted by Gasteiger charge is 2.12. The molecule has 0 bridgehead atoms. The van der Waals surface area contributed by atoms with E-state index in [-0.39, 0.29) is 11.4 Å². The van der Waals surface area contributed by atoms with Crippen molar-refractivity contribution in [3.63, 3.8) is 0 Å². The fourth-order valence-electron chi connectivity index (χ4n) is 1.66. The molecule has 0 saturated carbocycles. The summed E-state index contributed by atoms with van der Waals surface area (Å²) in [5.41, 5.74) is 2.27. The van der Waals surface area contributed by atoms with E-state index in [2.05, 4.69) is 31.4 Å². The molecule has 0 spiro atoms. The molecule has 0 aliphatic rings. The van der Waals surface area contributed by atoms with Crippen LogP contribution in [-0.4, -0.2) is 19.7 Å². The Bertz CT molecular complexity index is 502. The number of ether oxygens (including phenoxy) is 1. The topological polar surface area (TPSA) is 50.4 Å². The molecule has 0 aliphatic carbocycles. The van der Waals surface area contributed by atoms with Crippen LogP contribution in [0, 0.1) is 5.41 Å². The predicted octanol–water partition coefficient (Wildman–Crippen LogP) is 3.49. The van der Waals surface area contributed by atoms with Gasteiger partial charge in [-0.25, -0.2) is 4.79 Å². The van der Waals surface area contributed by atoms with Gasteiger partial charge in [0.05, 0.1) is 7.11 Å². The monoisotopic (exact) mass is 290 g/mol. The first-order valence-electron chi connectivity index (χ1n) is 7.18. The van der Waals surface area contributed by atoms with Crippen molar-refractivity contribution in [3.05, 3.63) is 41.6 Å². The van der Waals surface area contributed by atoms with Crippen LogP contribution in [-0.2, 0) is 6.42 Å². The van der Waals surface area contributed by atoms with E-state index in [9.17, 15) is 4.79 Å². The Kier molecular flexibility index (Phi) is 6.28. The van der Waals surface area contributed by atoms with Crippen LogP contribution in [0.25, 0.3) is 0 Å². The van der Waals surface area contributed by atoms with Crippen molar-refractivity contribution in [2.45, 2.75) is 34.1 Å². The maximum absolute atomic E-state index is 11.7. The number of amides is 2. The Labute approximate surface area is 127 Å². The van der Waals surface area contributed by atoms with Gasteiger partial charge in [0, 0.05) is 12.7 Å². The number of benzene rings is 1. The van der Waals surface area contributed by atoms with Crippen molar-refractivity contribution in [1.82, 2.24) is 10.6 Å². The van der Waals surface area contributed by atoms with Gasteiger partial charge in [-0.15, -0.1) is 0 Å². The molecular formula is C17H26N2O2. The van der Waals surface area contributed by atoms with E-state index < -0.39 is 0 Å². The number of nitrogens with one attached hydrogen (secondary N) is 2. The number of rotatable bonds is 5. The van der Waals surface area contributed by atoms with Gasteiger partial charge in [0.15, 0.2) is 0 Å². The molecule has 0 radical (unpaired) electrons. The van der Waals surface area contributed by atoms with Crippen LogP contribution in [0.3, 0.4) is 0 Å². The number of carbonyl (C=O) groups excluding carboxylic acids is 1. The molecule has 0 heterocycles. The zero-order valence-electron chi connectivity index (χ0n) is 13.6. The zero-order valence-corrected chi connectivity index (χ0v) is 13.6. The number of methoxy groups -OCH3 is 1. The lowest BCUT2D eigenvalue weighted by molar-refractivity contribution is 0.244. The van der Waals surface area contributed by atoms with Crippen LogP contribution in [0.4, 0.5) is 4.79 Å². The zero-order chi connectivity index (χ0) is 15.9. The van der Waals surface area contributed by atoms with E-state index in [4.69, 9.17) is 4.74 Å². The SMILES string of the molecule is COc1ccccc1CCNC(=O)N/C=C(\C)C(C)(C)C. The van der Waals surface area contributed by atoms with E-state index >= 15 is 0 Å². The molecule has 4 nitrogen and oxygen atoms in total. The van der Waals surface area contributed by atoms with Gasteiger partial charge in [-0.1, -0.05) is 44.5 Å². The number of para-hydroxylation sites is 1. The van der Waals surface area contributed by atoms with Gasteiger partial charge in [-0.3, -0.25) is 0 Å². The minimum Gasteiger partial charge on any atom is -0.496 e. The highest BCUT2D eigenvalue weighted by molar-refractivity contribution is 5.75. The number of allylic oxidation sites excluding steroid dienone is 1. The first-order valence-corrected chi connectivity index (χ1v) is 7.18. The van der Waals surface area contributed by atoms with Crippen molar-refractivity contribution in [3.8, 4) is 5.75 Å². The second-order valence-electron chi connectivity index (χ2n) is 6.04. The lowest BCUT2D eigenvalue weighted by Gasteiger charge is -2.19. The molecule has 2 N–H and O–H groups in total. The van der Waals surface area contributed by atoms with Crippen LogP contribution in [0.15, 0.2) is 36.0 Å². The minimum absolute atomic E-state index is 0.0602. The summed E-state index contributed by atoms with van der Waals surface area (Å²) in [6.07, 6.45) is 2.50. The Morgan fingerprint density at radius 1 is 1.29 bits per heavy atom. The van der Waals surface area contributed by atoms with Crippen molar-refractivity contribution >= 4 is 6.03 Å². The molecule has 4 heteroatoms. The molecule has 21 heavy (non-hydrogen) atoms. The molecule has 2 amide bonds. The Balaban J connectivity index is 2.41. The summed E-state index contributed by atoms with van der Waals surface area (Å²) in [5.74, 6) is 0.850. The van der Waals surface area contributed by atoms with Gasteiger partial charge < -0.3 is 15.4 Å². The molecular weight excluding hydrogens is 264 g/mol. The third kappa shape index (κ3) is 5.90. The Morgan fingerprint density at radius 3 is 2.57 bits per heavy atom. The van der Waals surface area contributed by atoms with Gasteiger partial charge in [0.2, 0.25) is 0 Å². The van der Waals surface area contributed by atoms with Crippen molar-refractivity contribution in [2.75, 3.05) is 13.7 Å². The second-order valence-corrected chi connectivity index (χ2v) is 6.04. The van der Waals surface area contributed by atoms with Crippen molar-refractivity contribution in [1.29, 1.82) is 0 Å². The minimum atomic E-state index is -0.187. The number of carbonyl (C=O) groups is 1. The largest absolute Gasteiger partial charge is 0.496 e. The van der Waals surface area contributed by atoms with Gasteiger partial charge >= 0.3 is 6.03 Å². The molecule has 1 rings (SSSR count). The first kappa shape index (κ1) is 17.1.